The number of hydrogen-bond acceptors (Lipinski definition) is 4. The molecule has 0 unspecified atom stereocenters. The number of nitrogens with zero attached hydrogens (tertiary/aromatic N) is 1. The van der Waals surface area contributed by atoms with Crippen molar-refractivity contribution in [3.63, 3.8) is 0 Å². The molecule has 0 spiro atoms. The number of para-hydroxylation sites is 2. The monoisotopic (exact) mass is 392 g/mol. The Morgan fingerprint density at radius 2 is 1.82 bits per heavy atom. The van der Waals surface area contributed by atoms with Crippen molar-refractivity contribution in [2.45, 2.75) is 45.1 Å². The summed E-state index contributed by atoms with van der Waals surface area (Å²) in [4.78, 5) is 18.1. The number of thiazole rings is 1. The summed E-state index contributed by atoms with van der Waals surface area (Å²) in [6.07, 6.45) is 5.58. The molecule has 1 N–H and O–H groups in total. The molecule has 2 aromatic carbocycles. The minimum Gasteiger partial charge on any atom is -0.488 e. The van der Waals surface area contributed by atoms with E-state index in [1.54, 1.807) is 0 Å². The second kappa shape index (κ2) is 8.57. The molecule has 28 heavy (non-hydrogen) atoms. The molecule has 0 radical (unpaired) electrons. The molecule has 1 fully saturated rings. The normalized spacial score (nSPS) is 14.2. The van der Waals surface area contributed by atoms with Gasteiger partial charge in [-0.2, -0.15) is 0 Å². The number of hydrogen-bond donors (Lipinski definition) is 1. The molecule has 0 aliphatic heterocycles. The Morgan fingerprint density at radius 3 is 2.61 bits per heavy atom. The largest absolute Gasteiger partial charge is 0.488 e. The lowest BCUT2D eigenvalue weighted by Crippen LogP contribution is -2.15. The molecule has 144 valence electrons. The summed E-state index contributed by atoms with van der Waals surface area (Å²) in [5, 5.41) is 3.97. The third-order valence-electron chi connectivity index (χ3n) is 4.98. The van der Waals surface area contributed by atoms with E-state index in [0.717, 1.165) is 41.4 Å². The van der Waals surface area contributed by atoms with Crippen LogP contribution in [0.5, 0.6) is 5.75 Å². The number of anilines is 1. The van der Waals surface area contributed by atoms with E-state index in [2.05, 4.69) is 22.4 Å². The average Bonchev–Trinajstić information content (AvgIpc) is 3.34. The second-order valence-corrected chi connectivity index (χ2v) is 8.24. The van der Waals surface area contributed by atoms with Crippen molar-refractivity contribution in [2.24, 2.45) is 0 Å². The Balaban J connectivity index is 1.48. The SMILES string of the molecule is Cc1nc(Cc2ccccc2)sc1C(=O)Nc1ccccc1OC1CCCC1. The minimum atomic E-state index is -0.128. The maximum atomic E-state index is 12.9. The minimum absolute atomic E-state index is 0.128. The molecule has 4 nitrogen and oxygen atoms in total. The first-order valence-electron chi connectivity index (χ1n) is 9.76. The van der Waals surface area contributed by atoms with Gasteiger partial charge >= 0.3 is 0 Å². The Kier molecular flexibility index (Phi) is 5.72. The van der Waals surface area contributed by atoms with E-state index >= 15 is 0 Å². The number of amides is 1. The van der Waals surface area contributed by atoms with E-state index < -0.39 is 0 Å². The van der Waals surface area contributed by atoms with Gasteiger partial charge in [0.1, 0.15) is 10.6 Å². The van der Waals surface area contributed by atoms with Gasteiger partial charge in [0.2, 0.25) is 0 Å². The Labute approximate surface area is 169 Å². The maximum absolute atomic E-state index is 12.9. The van der Waals surface area contributed by atoms with Crippen LogP contribution in [0.1, 0.15) is 51.6 Å². The third kappa shape index (κ3) is 4.42. The average molecular weight is 393 g/mol. The lowest BCUT2D eigenvalue weighted by molar-refractivity contribution is 0.102. The molecule has 1 heterocycles. The third-order valence-corrected chi connectivity index (χ3v) is 6.13. The van der Waals surface area contributed by atoms with Crippen molar-refractivity contribution < 1.29 is 9.53 Å². The Hall–Kier alpha value is -2.66. The van der Waals surface area contributed by atoms with Gasteiger partial charge in [-0.3, -0.25) is 4.79 Å². The first-order valence-corrected chi connectivity index (χ1v) is 10.6. The standard InChI is InChI=1S/C23H24N2O2S/c1-16-22(28-21(24-16)15-17-9-3-2-4-10-17)23(26)25-19-13-7-8-14-20(19)27-18-11-5-6-12-18/h2-4,7-10,13-14,18H,5-6,11-12,15H2,1H3,(H,25,26). The van der Waals surface area contributed by atoms with Gasteiger partial charge < -0.3 is 10.1 Å². The van der Waals surface area contributed by atoms with E-state index in [9.17, 15) is 4.79 Å². The number of ether oxygens (including phenoxy) is 1. The number of nitrogens with one attached hydrogen (secondary N) is 1. The molecular weight excluding hydrogens is 368 g/mol. The van der Waals surface area contributed by atoms with Crippen LogP contribution < -0.4 is 10.1 Å². The molecule has 0 bridgehead atoms. The molecule has 1 aromatic heterocycles. The van der Waals surface area contributed by atoms with Gasteiger partial charge in [0.15, 0.2) is 0 Å². The molecule has 3 aromatic rings. The Bertz CT molecular complexity index is 946. The van der Waals surface area contributed by atoms with Crippen molar-refractivity contribution in [1.29, 1.82) is 0 Å². The number of rotatable bonds is 6. The van der Waals surface area contributed by atoms with Gasteiger partial charge in [-0.05, 0) is 50.3 Å². The van der Waals surface area contributed by atoms with Crippen LogP contribution >= 0.6 is 11.3 Å². The zero-order valence-corrected chi connectivity index (χ0v) is 16.8. The molecule has 1 saturated carbocycles. The lowest BCUT2D eigenvalue weighted by atomic mass is 10.2. The van der Waals surface area contributed by atoms with Gasteiger partial charge in [0.05, 0.1) is 22.5 Å². The Morgan fingerprint density at radius 1 is 1.11 bits per heavy atom. The van der Waals surface area contributed by atoms with Crippen molar-refractivity contribution >= 4 is 22.9 Å². The van der Waals surface area contributed by atoms with Crippen molar-refractivity contribution in [3.05, 3.63) is 75.7 Å². The van der Waals surface area contributed by atoms with Crippen LogP contribution in [0.4, 0.5) is 5.69 Å². The predicted molar refractivity (Wildman–Crippen MR) is 113 cm³/mol. The fraction of sp³-hybridized carbons (Fsp3) is 0.304. The van der Waals surface area contributed by atoms with E-state index in [0.29, 0.717) is 4.88 Å². The van der Waals surface area contributed by atoms with Crippen LogP contribution in [0.15, 0.2) is 54.6 Å². The van der Waals surface area contributed by atoms with Gasteiger partial charge in [-0.25, -0.2) is 4.98 Å². The number of carbonyl (C=O) groups is 1. The van der Waals surface area contributed by atoms with Crippen molar-refractivity contribution in [2.75, 3.05) is 5.32 Å². The lowest BCUT2D eigenvalue weighted by Gasteiger charge is -2.16. The molecule has 1 aliphatic carbocycles. The number of benzene rings is 2. The summed E-state index contributed by atoms with van der Waals surface area (Å²) < 4.78 is 6.13. The topological polar surface area (TPSA) is 51.2 Å². The first-order chi connectivity index (χ1) is 13.7. The van der Waals surface area contributed by atoms with E-state index in [4.69, 9.17) is 4.74 Å². The van der Waals surface area contributed by atoms with Gasteiger partial charge in [0, 0.05) is 6.42 Å². The van der Waals surface area contributed by atoms with E-state index in [1.165, 1.54) is 29.7 Å². The number of aryl methyl sites for hydroxylation is 1. The number of carbonyl (C=O) groups excluding carboxylic acids is 1. The summed E-state index contributed by atoms with van der Waals surface area (Å²) >= 11 is 1.46. The van der Waals surface area contributed by atoms with Crippen LogP contribution in [0.3, 0.4) is 0 Å². The van der Waals surface area contributed by atoms with Crippen LogP contribution in [0.2, 0.25) is 0 Å². The van der Waals surface area contributed by atoms with Crippen LogP contribution in [-0.2, 0) is 6.42 Å². The van der Waals surface area contributed by atoms with Crippen LogP contribution in [-0.4, -0.2) is 17.0 Å². The van der Waals surface area contributed by atoms with Gasteiger partial charge in [-0.1, -0.05) is 42.5 Å². The molecule has 1 aliphatic rings. The maximum Gasteiger partial charge on any atom is 0.267 e. The van der Waals surface area contributed by atoms with Crippen molar-refractivity contribution in [1.82, 2.24) is 4.98 Å². The number of aromatic nitrogens is 1. The fourth-order valence-corrected chi connectivity index (χ4v) is 4.54. The highest BCUT2D eigenvalue weighted by atomic mass is 32.1. The molecule has 0 saturated heterocycles. The van der Waals surface area contributed by atoms with Gasteiger partial charge in [-0.15, -0.1) is 11.3 Å². The molecule has 4 rings (SSSR count). The summed E-state index contributed by atoms with van der Waals surface area (Å²) in [6, 6.07) is 17.9. The zero-order chi connectivity index (χ0) is 19.3. The summed E-state index contributed by atoms with van der Waals surface area (Å²) in [6.45, 7) is 1.89. The molecule has 5 heteroatoms. The highest BCUT2D eigenvalue weighted by Gasteiger charge is 2.20. The summed E-state index contributed by atoms with van der Waals surface area (Å²) in [5.41, 5.74) is 2.68. The highest BCUT2D eigenvalue weighted by Crippen LogP contribution is 2.31. The summed E-state index contributed by atoms with van der Waals surface area (Å²) in [5.74, 6) is 0.617. The first kappa shape index (κ1) is 18.7. The quantitative estimate of drug-likeness (QED) is 0.593. The van der Waals surface area contributed by atoms with E-state index in [1.807, 2.05) is 49.4 Å². The fourth-order valence-electron chi connectivity index (χ4n) is 3.55. The highest BCUT2D eigenvalue weighted by molar-refractivity contribution is 7.14. The van der Waals surface area contributed by atoms with Gasteiger partial charge in [0.25, 0.3) is 5.91 Å². The zero-order valence-electron chi connectivity index (χ0n) is 16.0. The van der Waals surface area contributed by atoms with E-state index in [-0.39, 0.29) is 12.0 Å². The molecule has 0 atom stereocenters. The predicted octanol–water partition coefficient (Wildman–Crippen LogP) is 5.62. The smallest absolute Gasteiger partial charge is 0.267 e. The summed E-state index contributed by atoms with van der Waals surface area (Å²) in [7, 11) is 0. The molecule has 1 amide bonds. The second-order valence-electron chi connectivity index (χ2n) is 7.16. The molecular formula is C23H24N2O2S. The van der Waals surface area contributed by atoms with Crippen LogP contribution in [0, 0.1) is 6.92 Å². The van der Waals surface area contributed by atoms with Crippen molar-refractivity contribution in [3.8, 4) is 5.75 Å². The van der Waals surface area contributed by atoms with Crippen LogP contribution in [0.25, 0.3) is 0 Å².